The van der Waals surface area contributed by atoms with Crippen molar-refractivity contribution in [3.05, 3.63) is 113 Å². The van der Waals surface area contributed by atoms with Crippen LogP contribution in [0, 0.1) is 0 Å². The first-order chi connectivity index (χ1) is 29.0. The molecule has 0 unspecified atom stereocenters. The van der Waals surface area contributed by atoms with Gasteiger partial charge in [-0.2, -0.15) is 0 Å². The van der Waals surface area contributed by atoms with Crippen LogP contribution in [0.25, 0.3) is 44.5 Å². The lowest BCUT2D eigenvalue weighted by molar-refractivity contribution is 0.406. The molecule has 0 saturated carbocycles. The predicted molar refractivity (Wildman–Crippen MR) is 258 cm³/mol. The van der Waals surface area contributed by atoms with Gasteiger partial charge >= 0.3 is 0 Å². The van der Waals surface area contributed by atoms with Gasteiger partial charge in [0.15, 0.2) is 5.58 Å². The van der Waals surface area contributed by atoms with Crippen LogP contribution in [0.5, 0.6) is 0 Å². The number of H-pyrrole nitrogens is 1. The van der Waals surface area contributed by atoms with Crippen molar-refractivity contribution in [1.29, 1.82) is 0 Å². The Kier molecular flexibility index (Phi) is 14.9. The van der Waals surface area contributed by atoms with E-state index >= 15 is 0 Å². The molecule has 0 aliphatic heterocycles. The van der Waals surface area contributed by atoms with Crippen LogP contribution in [0.15, 0.2) is 80.6 Å². The van der Waals surface area contributed by atoms with E-state index in [1.165, 1.54) is 27.9 Å². The van der Waals surface area contributed by atoms with Crippen LogP contribution in [-0.2, 0) is 10.8 Å². The largest absolute Gasteiger partial charge is 0.459 e. The summed E-state index contributed by atoms with van der Waals surface area (Å²) in [6.07, 6.45) is 8.86. The molecule has 0 aliphatic carbocycles. The Morgan fingerprint density at radius 3 is 1.52 bits per heavy atom. The fourth-order valence-corrected chi connectivity index (χ4v) is 8.11. The molecule has 8 rings (SSSR count). The third kappa shape index (κ3) is 10.5. The van der Waals surface area contributed by atoms with Gasteiger partial charge in [0, 0.05) is 81.6 Å². The second-order valence-electron chi connectivity index (χ2n) is 20.3. The molecule has 62 heavy (non-hydrogen) atoms. The molecule has 9 heteroatoms. The summed E-state index contributed by atoms with van der Waals surface area (Å²) in [5.74, 6) is 5.86. The van der Waals surface area contributed by atoms with E-state index in [9.17, 15) is 0 Å². The number of hydrogen-bond donors (Lipinski definition) is 1. The van der Waals surface area contributed by atoms with Crippen LogP contribution in [-0.4, -0.2) is 29.9 Å². The Bertz CT molecular complexity index is 2480. The monoisotopic (exact) mass is 841 g/mol. The molecule has 0 aliphatic rings. The zero-order chi connectivity index (χ0) is 45.8. The van der Waals surface area contributed by atoms with E-state index < -0.39 is 0 Å². The Balaban J connectivity index is 0.000000156. The molecular formula is C53H72N6O3. The number of aromatic nitrogens is 6. The zero-order valence-electron chi connectivity index (χ0n) is 40.8. The van der Waals surface area contributed by atoms with Crippen molar-refractivity contribution in [3.63, 3.8) is 0 Å². The first-order valence-corrected chi connectivity index (χ1v) is 22.5. The SMILES string of the molecule is CC(C)(C)c1oc2ncccc2c1C(C)(C)C.CC(C)c1[nH]c2cccnc2c1C(C)C.CC(C)c1oc2cccnc2c1C(C)C.CC(C)c1oc2nccnc2c1C(C)C. The number of pyridine rings is 3. The standard InChI is InChI=1S/C15H21NO.C13H18N2.C13H17NO.C12H16N2O/c1-14(2,3)11-10-8-7-9-16-13(10)17-12(11)15(4,5)6;1-8(2)11-12(9(3)4)15-10-6-5-7-14-13(10)11;1-8(2)11-12-10(6-5-7-14-12)15-13(11)9(3)4;1-7(2)9-10-12(14-6-5-13-10)15-11(9)8(3)4/h7-9H,1-6H3;5-9,15H,1-4H3;5-9H,1-4H3;5-8H,1-4H3. The number of fused-ring (bicyclic) bond motifs is 4. The van der Waals surface area contributed by atoms with Crippen molar-refractivity contribution in [2.45, 2.75) is 171 Å². The van der Waals surface area contributed by atoms with Crippen molar-refractivity contribution < 1.29 is 13.3 Å². The van der Waals surface area contributed by atoms with Gasteiger partial charge in [0.05, 0.1) is 11.0 Å². The Labute approximate surface area is 370 Å². The van der Waals surface area contributed by atoms with Gasteiger partial charge in [-0.1, -0.05) is 125 Å². The fraction of sp³-hybridized carbons (Fsp3) is 0.491. The molecule has 8 heterocycles. The first kappa shape index (κ1) is 47.7. The minimum absolute atomic E-state index is 0.00329. The van der Waals surface area contributed by atoms with E-state index in [1.807, 2.05) is 36.7 Å². The molecule has 0 spiro atoms. The quantitative estimate of drug-likeness (QED) is 0.176. The van der Waals surface area contributed by atoms with Crippen molar-refractivity contribution >= 4 is 44.5 Å². The number of rotatable bonds is 6. The van der Waals surface area contributed by atoms with E-state index in [1.54, 1.807) is 18.6 Å². The fourth-order valence-electron chi connectivity index (χ4n) is 8.11. The summed E-state index contributed by atoms with van der Waals surface area (Å²) in [6.45, 7) is 39.4. The van der Waals surface area contributed by atoms with Crippen molar-refractivity contribution in [1.82, 2.24) is 29.9 Å². The molecule has 0 atom stereocenters. The predicted octanol–water partition coefficient (Wildman–Crippen LogP) is 15.8. The molecule has 8 aromatic heterocycles. The van der Waals surface area contributed by atoms with Crippen molar-refractivity contribution in [2.75, 3.05) is 0 Å². The van der Waals surface area contributed by atoms with Gasteiger partial charge in [0.1, 0.15) is 28.3 Å². The second kappa shape index (κ2) is 19.4. The highest BCUT2D eigenvalue weighted by Crippen LogP contribution is 2.41. The molecular weight excluding hydrogens is 769 g/mol. The summed E-state index contributed by atoms with van der Waals surface area (Å²) in [7, 11) is 0. The van der Waals surface area contributed by atoms with Gasteiger partial charge in [-0.15, -0.1) is 0 Å². The summed E-state index contributed by atoms with van der Waals surface area (Å²) < 4.78 is 17.6. The van der Waals surface area contributed by atoms with Crippen LogP contribution in [0.4, 0.5) is 0 Å². The summed E-state index contributed by atoms with van der Waals surface area (Å²) in [4.78, 5) is 25.2. The van der Waals surface area contributed by atoms with Gasteiger partial charge in [-0.25, -0.2) is 15.0 Å². The second-order valence-corrected chi connectivity index (χ2v) is 20.3. The van der Waals surface area contributed by atoms with Gasteiger partial charge in [-0.3, -0.25) is 9.97 Å². The number of nitrogens with one attached hydrogen (secondary N) is 1. The van der Waals surface area contributed by atoms with Crippen LogP contribution in [0.3, 0.4) is 0 Å². The molecule has 0 fully saturated rings. The number of furan rings is 3. The lowest BCUT2D eigenvalue weighted by Crippen LogP contribution is -2.20. The minimum atomic E-state index is 0.00329. The third-order valence-corrected chi connectivity index (χ3v) is 10.8. The van der Waals surface area contributed by atoms with E-state index in [0.717, 1.165) is 56.0 Å². The van der Waals surface area contributed by atoms with Crippen LogP contribution in [0.1, 0.15) is 205 Å². The third-order valence-electron chi connectivity index (χ3n) is 10.8. The normalized spacial score (nSPS) is 12.3. The molecule has 0 amide bonds. The summed E-state index contributed by atoms with van der Waals surface area (Å²) in [5.41, 5.74) is 13.1. The van der Waals surface area contributed by atoms with E-state index in [2.05, 4.69) is 167 Å². The van der Waals surface area contributed by atoms with E-state index in [0.29, 0.717) is 41.2 Å². The maximum atomic E-state index is 5.98. The lowest BCUT2D eigenvalue weighted by atomic mass is 9.79. The lowest BCUT2D eigenvalue weighted by Gasteiger charge is -2.24. The van der Waals surface area contributed by atoms with Crippen molar-refractivity contribution in [3.8, 4) is 0 Å². The highest BCUT2D eigenvalue weighted by atomic mass is 16.4. The highest BCUT2D eigenvalue weighted by molar-refractivity contribution is 5.82. The summed E-state index contributed by atoms with van der Waals surface area (Å²) in [6, 6.07) is 12.1. The maximum Gasteiger partial charge on any atom is 0.245 e. The number of hydrogen-bond acceptors (Lipinski definition) is 8. The summed E-state index contributed by atoms with van der Waals surface area (Å²) in [5, 5.41) is 1.14. The zero-order valence-corrected chi connectivity index (χ0v) is 40.8. The molecule has 0 saturated heterocycles. The van der Waals surface area contributed by atoms with E-state index in [-0.39, 0.29) is 10.8 Å². The summed E-state index contributed by atoms with van der Waals surface area (Å²) >= 11 is 0. The van der Waals surface area contributed by atoms with Crippen LogP contribution < -0.4 is 0 Å². The van der Waals surface area contributed by atoms with Crippen LogP contribution >= 0.6 is 0 Å². The molecule has 0 bridgehead atoms. The molecule has 332 valence electrons. The number of nitrogens with zero attached hydrogens (tertiary/aromatic N) is 5. The average Bonchev–Trinajstić information content (AvgIpc) is 3.98. The topological polar surface area (TPSA) is 120 Å². The first-order valence-electron chi connectivity index (χ1n) is 22.5. The number of aromatic amines is 1. The molecule has 9 nitrogen and oxygen atoms in total. The average molecular weight is 841 g/mol. The van der Waals surface area contributed by atoms with Crippen LogP contribution in [0.2, 0.25) is 0 Å². The van der Waals surface area contributed by atoms with Gasteiger partial charge in [0.2, 0.25) is 11.4 Å². The smallest absolute Gasteiger partial charge is 0.245 e. The molecule has 1 N–H and O–H groups in total. The maximum absolute atomic E-state index is 5.98. The van der Waals surface area contributed by atoms with Gasteiger partial charge in [-0.05, 0) is 65.5 Å². The Morgan fingerprint density at radius 2 is 0.952 bits per heavy atom. The molecule has 0 radical (unpaired) electrons. The Morgan fingerprint density at radius 1 is 0.452 bits per heavy atom. The highest BCUT2D eigenvalue weighted by Gasteiger charge is 2.32. The molecule has 8 aromatic rings. The molecule has 0 aromatic carbocycles. The van der Waals surface area contributed by atoms with E-state index in [4.69, 9.17) is 13.3 Å². The Hall–Kier alpha value is -5.31. The van der Waals surface area contributed by atoms with Gasteiger partial charge in [0.25, 0.3) is 0 Å². The minimum Gasteiger partial charge on any atom is -0.459 e. The van der Waals surface area contributed by atoms with Gasteiger partial charge < -0.3 is 18.2 Å². The van der Waals surface area contributed by atoms with Crippen molar-refractivity contribution in [2.24, 2.45) is 0 Å².